The van der Waals surface area contributed by atoms with E-state index in [0.29, 0.717) is 26.1 Å². The fourth-order valence-corrected chi connectivity index (χ4v) is 4.99. The Morgan fingerprint density at radius 1 is 1.03 bits per heavy atom. The molecule has 4 rings (SSSR count). The van der Waals surface area contributed by atoms with E-state index in [-0.39, 0.29) is 35.5 Å². The van der Waals surface area contributed by atoms with Crippen molar-refractivity contribution in [1.29, 1.82) is 0 Å². The smallest absolute Gasteiger partial charge is 0.269 e. The van der Waals surface area contributed by atoms with Gasteiger partial charge in [-0.3, -0.25) is 4.79 Å². The van der Waals surface area contributed by atoms with E-state index < -0.39 is 15.9 Å². The topological polar surface area (TPSA) is 84.9 Å². The first-order valence-corrected chi connectivity index (χ1v) is 10.8. The summed E-state index contributed by atoms with van der Waals surface area (Å²) in [4.78, 5) is 12.4. The van der Waals surface area contributed by atoms with Crippen LogP contribution in [-0.4, -0.2) is 51.0 Å². The Balaban J connectivity index is 0.00000240. The number of hydrogen-bond donors (Lipinski definition) is 1. The van der Waals surface area contributed by atoms with Crippen LogP contribution in [0.25, 0.3) is 0 Å². The van der Waals surface area contributed by atoms with Crippen LogP contribution in [0.3, 0.4) is 0 Å². The van der Waals surface area contributed by atoms with E-state index in [9.17, 15) is 13.2 Å². The molecule has 0 saturated carbocycles. The highest BCUT2D eigenvalue weighted by atomic mass is 35.5. The van der Waals surface area contributed by atoms with Gasteiger partial charge in [0.15, 0.2) is 11.5 Å². The molecule has 0 fully saturated rings. The molecule has 2 aromatic rings. The zero-order chi connectivity index (χ0) is 19.6. The van der Waals surface area contributed by atoms with Crippen molar-refractivity contribution in [3.63, 3.8) is 0 Å². The number of nitrogens with one attached hydrogen (secondary N) is 1. The summed E-state index contributed by atoms with van der Waals surface area (Å²) < 4.78 is 37.5. The van der Waals surface area contributed by atoms with Gasteiger partial charge in [-0.2, -0.15) is 0 Å². The molecule has 1 amide bonds. The minimum absolute atomic E-state index is 0. The molecule has 2 aliphatic heterocycles. The fraction of sp³-hybridized carbons (Fsp3) is 0.350. The van der Waals surface area contributed by atoms with Crippen LogP contribution in [-0.2, 0) is 10.0 Å². The van der Waals surface area contributed by atoms with Crippen molar-refractivity contribution in [2.75, 3.05) is 26.2 Å². The largest absolute Gasteiger partial charge is 0.486 e. The predicted octanol–water partition coefficient (Wildman–Crippen LogP) is 2.46. The molecule has 2 aromatic carbocycles. The summed E-state index contributed by atoms with van der Waals surface area (Å²) in [5.74, 6) is 1.07. The Morgan fingerprint density at radius 3 is 2.55 bits per heavy atom. The van der Waals surface area contributed by atoms with Gasteiger partial charge in [0, 0.05) is 13.1 Å². The van der Waals surface area contributed by atoms with Gasteiger partial charge in [0.2, 0.25) is 0 Å². The van der Waals surface area contributed by atoms with Gasteiger partial charge in [0.05, 0.1) is 5.56 Å². The second-order valence-electron chi connectivity index (χ2n) is 6.79. The summed E-state index contributed by atoms with van der Waals surface area (Å²) >= 11 is 0. The third-order valence-electron chi connectivity index (χ3n) is 4.82. The number of amides is 1. The average molecular weight is 439 g/mol. The van der Waals surface area contributed by atoms with Gasteiger partial charge < -0.3 is 14.8 Å². The molecule has 1 N–H and O–H groups in total. The average Bonchev–Trinajstić information content (AvgIpc) is 2.91. The highest BCUT2D eigenvalue weighted by molar-refractivity contribution is 7.90. The molecule has 0 spiro atoms. The van der Waals surface area contributed by atoms with Gasteiger partial charge >= 0.3 is 0 Å². The normalized spacial score (nSPS) is 18.8. The molecule has 156 valence electrons. The van der Waals surface area contributed by atoms with Crippen LogP contribution in [0, 0.1) is 0 Å². The number of sulfonamides is 1. The minimum atomic E-state index is -3.71. The van der Waals surface area contributed by atoms with Crippen molar-refractivity contribution in [2.45, 2.75) is 23.8 Å². The molecule has 0 radical (unpaired) electrons. The number of fused-ring (bicyclic) bond motifs is 2. The first-order chi connectivity index (χ1) is 13.6. The molecule has 29 heavy (non-hydrogen) atoms. The maximum atomic E-state index is 12.5. The van der Waals surface area contributed by atoms with Crippen LogP contribution in [0.5, 0.6) is 11.5 Å². The molecule has 2 heterocycles. The van der Waals surface area contributed by atoms with Crippen LogP contribution >= 0.6 is 12.4 Å². The molecule has 0 bridgehead atoms. The van der Waals surface area contributed by atoms with E-state index in [1.54, 1.807) is 18.2 Å². The Labute approximate surface area is 176 Å². The lowest BCUT2D eigenvalue weighted by atomic mass is 10.2. The summed E-state index contributed by atoms with van der Waals surface area (Å²) in [7, 11) is -3.71. The molecule has 7 nitrogen and oxygen atoms in total. The van der Waals surface area contributed by atoms with E-state index in [1.165, 1.54) is 6.07 Å². The number of rotatable bonds is 7. The molecular formula is C20H23ClN2O5S. The molecular weight excluding hydrogens is 416 g/mol. The quantitative estimate of drug-likeness (QED) is 0.668. The van der Waals surface area contributed by atoms with E-state index >= 15 is 0 Å². The first kappa shape index (κ1) is 21.4. The Kier molecular flexibility index (Phi) is 6.66. The Hall–Kier alpha value is -2.29. The van der Waals surface area contributed by atoms with E-state index in [2.05, 4.69) is 5.32 Å². The predicted molar refractivity (Wildman–Crippen MR) is 110 cm³/mol. The summed E-state index contributed by atoms with van der Waals surface area (Å²) in [6.07, 6.45) is 1.28. The van der Waals surface area contributed by atoms with Gasteiger partial charge in [0.25, 0.3) is 15.9 Å². The number of hydrogen-bond acceptors (Lipinski definition) is 6. The lowest BCUT2D eigenvalue weighted by molar-refractivity contribution is 0.0868. The lowest BCUT2D eigenvalue weighted by Gasteiger charge is -2.26. The van der Waals surface area contributed by atoms with Gasteiger partial charge in [-0.15, -0.1) is 12.4 Å². The van der Waals surface area contributed by atoms with Crippen LogP contribution in [0.4, 0.5) is 0 Å². The fourth-order valence-electron chi connectivity index (χ4n) is 3.38. The third-order valence-corrected chi connectivity index (χ3v) is 6.66. The standard InChI is InChI=1S/C20H22N2O5S.ClH/c23-20-16-7-1-4-10-19(16)28(24,25)22(20)12-6-5-11-21-13-15-14-26-17-8-2-3-9-18(17)27-15;/h1-4,7-10,15,21H,5-6,11-14H2;1H. The highest BCUT2D eigenvalue weighted by Gasteiger charge is 2.40. The number of ether oxygens (including phenoxy) is 2. The summed E-state index contributed by atoms with van der Waals surface area (Å²) in [5, 5.41) is 3.30. The van der Waals surface area contributed by atoms with Crippen molar-refractivity contribution in [2.24, 2.45) is 0 Å². The zero-order valence-corrected chi connectivity index (χ0v) is 17.4. The van der Waals surface area contributed by atoms with Gasteiger partial charge in [-0.05, 0) is 43.7 Å². The highest BCUT2D eigenvalue weighted by Crippen LogP contribution is 2.31. The second-order valence-corrected chi connectivity index (χ2v) is 8.62. The van der Waals surface area contributed by atoms with E-state index in [1.807, 2.05) is 24.3 Å². The van der Waals surface area contributed by atoms with Crippen molar-refractivity contribution in [3.05, 3.63) is 54.1 Å². The van der Waals surface area contributed by atoms with Gasteiger partial charge in [-0.25, -0.2) is 12.7 Å². The second kappa shape index (κ2) is 9.02. The van der Waals surface area contributed by atoms with Gasteiger partial charge in [-0.1, -0.05) is 24.3 Å². The summed E-state index contributed by atoms with van der Waals surface area (Å²) in [6, 6.07) is 13.9. The maximum absolute atomic E-state index is 12.5. The van der Waals surface area contributed by atoms with Crippen molar-refractivity contribution in [1.82, 2.24) is 9.62 Å². The zero-order valence-electron chi connectivity index (χ0n) is 15.7. The van der Waals surface area contributed by atoms with Crippen LogP contribution in [0.1, 0.15) is 23.2 Å². The number of carbonyl (C=O) groups is 1. The number of benzene rings is 2. The molecule has 0 aromatic heterocycles. The summed E-state index contributed by atoms with van der Waals surface area (Å²) in [5.41, 5.74) is 0.260. The first-order valence-electron chi connectivity index (χ1n) is 9.32. The van der Waals surface area contributed by atoms with Crippen LogP contribution in [0.15, 0.2) is 53.4 Å². The molecule has 1 unspecified atom stereocenters. The third kappa shape index (κ3) is 4.34. The van der Waals surface area contributed by atoms with Crippen molar-refractivity contribution in [3.8, 4) is 11.5 Å². The number of para-hydroxylation sites is 2. The van der Waals surface area contributed by atoms with Crippen molar-refractivity contribution >= 4 is 28.3 Å². The van der Waals surface area contributed by atoms with E-state index in [0.717, 1.165) is 22.2 Å². The number of carbonyl (C=O) groups excluding carboxylic acids is 1. The lowest BCUT2D eigenvalue weighted by Crippen LogP contribution is -2.39. The number of unbranched alkanes of at least 4 members (excludes halogenated alkanes) is 1. The number of nitrogens with zero attached hydrogens (tertiary/aromatic N) is 1. The summed E-state index contributed by atoms with van der Waals surface area (Å²) in [6.45, 7) is 2.02. The molecule has 1 atom stereocenters. The molecule has 9 heteroatoms. The Morgan fingerprint density at radius 2 is 1.76 bits per heavy atom. The van der Waals surface area contributed by atoms with Crippen LogP contribution in [0.2, 0.25) is 0 Å². The molecule has 0 saturated heterocycles. The van der Waals surface area contributed by atoms with Crippen LogP contribution < -0.4 is 14.8 Å². The maximum Gasteiger partial charge on any atom is 0.269 e. The Bertz CT molecular complexity index is 982. The van der Waals surface area contributed by atoms with Gasteiger partial charge in [0.1, 0.15) is 17.6 Å². The molecule has 2 aliphatic rings. The number of halogens is 1. The molecule has 0 aliphatic carbocycles. The van der Waals surface area contributed by atoms with E-state index in [4.69, 9.17) is 9.47 Å². The minimum Gasteiger partial charge on any atom is -0.486 e. The van der Waals surface area contributed by atoms with Crippen molar-refractivity contribution < 1.29 is 22.7 Å². The monoisotopic (exact) mass is 438 g/mol. The SMILES string of the molecule is Cl.O=C1c2ccccc2S(=O)(=O)N1CCCCNCC1COc2ccccc2O1.